The molecule has 0 bridgehead atoms. The third-order valence-corrected chi connectivity index (χ3v) is 6.16. The Morgan fingerprint density at radius 2 is 2.00 bits per heavy atom. The van der Waals surface area contributed by atoms with Crippen molar-refractivity contribution >= 4 is 15.9 Å². The van der Waals surface area contributed by atoms with Gasteiger partial charge in [0.2, 0.25) is 15.9 Å². The summed E-state index contributed by atoms with van der Waals surface area (Å²) in [7, 11) is -0.457. The number of sulfonamides is 1. The number of amides is 1. The maximum atomic E-state index is 12.8. The molecule has 1 atom stereocenters. The zero-order valence-electron chi connectivity index (χ0n) is 14.7. The van der Waals surface area contributed by atoms with Crippen molar-refractivity contribution in [2.75, 3.05) is 40.5 Å². The standard InChI is InChI=1S/C17H26N2O5S/c1-23-12-4-10-18-17(20)14-5-3-11-19(13-14)25(21,22)16-8-6-15(24-2)7-9-16/h6-9,14H,3-5,10-13H2,1-2H3,(H,18,20). The number of methoxy groups -OCH3 is 2. The van der Waals surface area contributed by atoms with Crippen LogP contribution in [0.4, 0.5) is 0 Å². The minimum atomic E-state index is -3.60. The van der Waals surface area contributed by atoms with Crippen molar-refractivity contribution in [3.05, 3.63) is 24.3 Å². The Balaban J connectivity index is 2.00. The molecule has 0 radical (unpaired) electrons. The molecule has 1 saturated heterocycles. The summed E-state index contributed by atoms with van der Waals surface area (Å²) in [4.78, 5) is 12.5. The number of ether oxygens (including phenoxy) is 2. The lowest BCUT2D eigenvalue weighted by Gasteiger charge is -2.31. The molecule has 1 amide bonds. The van der Waals surface area contributed by atoms with Gasteiger partial charge < -0.3 is 14.8 Å². The zero-order valence-corrected chi connectivity index (χ0v) is 15.5. The van der Waals surface area contributed by atoms with Crippen LogP contribution in [0, 0.1) is 5.92 Å². The molecule has 1 aliphatic rings. The van der Waals surface area contributed by atoms with Crippen LogP contribution in [0.1, 0.15) is 19.3 Å². The summed E-state index contributed by atoms with van der Waals surface area (Å²) in [5.41, 5.74) is 0. The topological polar surface area (TPSA) is 84.9 Å². The molecule has 7 nitrogen and oxygen atoms in total. The lowest BCUT2D eigenvalue weighted by Crippen LogP contribution is -2.45. The molecule has 0 spiro atoms. The number of benzene rings is 1. The fourth-order valence-electron chi connectivity index (χ4n) is 2.84. The van der Waals surface area contributed by atoms with Gasteiger partial charge in [0.15, 0.2) is 0 Å². The predicted molar refractivity (Wildman–Crippen MR) is 94.0 cm³/mol. The largest absolute Gasteiger partial charge is 0.497 e. The van der Waals surface area contributed by atoms with Crippen LogP contribution in [-0.2, 0) is 19.6 Å². The molecule has 1 N–H and O–H groups in total. The van der Waals surface area contributed by atoms with E-state index in [1.807, 2.05) is 0 Å². The summed E-state index contributed by atoms with van der Waals surface area (Å²) >= 11 is 0. The van der Waals surface area contributed by atoms with E-state index in [2.05, 4.69) is 5.32 Å². The van der Waals surface area contributed by atoms with Gasteiger partial charge in [-0.1, -0.05) is 0 Å². The second kappa shape index (κ2) is 9.17. The van der Waals surface area contributed by atoms with E-state index in [1.165, 1.54) is 23.5 Å². The van der Waals surface area contributed by atoms with Crippen molar-refractivity contribution in [2.24, 2.45) is 5.92 Å². The minimum absolute atomic E-state index is 0.0919. The van der Waals surface area contributed by atoms with Gasteiger partial charge in [-0.05, 0) is 43.5 Å². The monoisotopic (exact) mass is 370 g/mol. The summed E-state index contributed by atoms with van der Waals surface area (Å²) < 4.78 is 37.0. The highest BCUT2D eigenvalue weighted by Crippen LogP contribution is 2.25. The zero-order chi connectivity index (χ0) is 18.3. The van der Waals surface area contributed by atoms with Crippen LogP contribution < -0.4 is 10.1 Å². The Bertz CT molecular complexity index is 660. The van der Waals surface area contributed by atoms with Gasteiger partial charge in [-0.3, -0.25) is 4.79 Å². The molecule has 8 heteroatoms. The first kappa shape index (κ1) is 19.7. The Labute approximate surface area is 149 Å². The van der Waals surface area contributed by atoms with Gasteiger partial charge in [0.1, 0.15) is 5.75 Å². The van der Waals surface area contributed by atoms with E-state index in [0.717, 1.165) is 6.42 Å². The van der Waals surface area contributed by atoms with Crippen LogP contribution in [0.5, 0.6) is 5.75 Å². The molecule has 1 fully saturated rings. The summed E-state index contributed by atoms with van der Waals surface area (Å²) in [5.74, 6) is 0.195. The van der Waals surface area contributed by atoms with Crippen LogP contribution in [0.25, 0.3) is 0 Å². The molecule has 1 aliphatic heterocycles. The number of piperidine rings is 1. The highest BCUT2D eigenvalue weighted by molar-refractivity contribution is 7.89. The Kier molecular flexibility index (Phi) is 7.22. The summed E-state index contributed by atoms with van der Waals surface area (Å²) in [6.07, 6.45) is 2.11. The van der Waals surface area contributed by atoms with Gasteiger partial charge in [-0.25, -0.2) is 8.42 Å². The van der Waals surface area contributed by atoms with Crippen molar-refractivity contribution in [1.82, 2.24) is 9.62 Å². The van der Waals surface area contributed by atoms with Crippen LogP contribution in [0.2, 0.25) is 0 Å². The number of nitrogens with zero attached hydrogens (tertiary/aromatic N) is 1. The van der Waals surface area contributed by atoms with E-state index in [4.69, 9.17) is 9.47 Å². The third kappa shape index (κ3) is 5.17. The van der Waals surface area contributed by atoms with Crippen molar-refractivity contribution in [1.29, 1.82) is 0 Å². The molecule has 0 saturated carbocycles. The van der Waals surface area contributed by atoms with Gasteiger partial charge in [0, 0.05) is 33.4 Å². The van der Waals surface area contributed by atoms with Gasteiger partial charge in [0.25, 0.3) is 0 Å². The number of carbonyl (C=O) groups excluding carboxylic acids is 1. The molecule has 2 rings (SSSR count). The van der Waals surface area contributed by atoms with Gasteiger partial charge in [-0.2, -0.15) is 4.31 Å². The molecule has 1 unspecified atom stereocenters. The molecule has 1 aromatic rings. The van der Waals surface area contributed by atoms with Crippen molar-refractivity contribution in [3.8, 4) is 5.75 Å². The Morgan fingerprint density at radius 3 is 2.64 bits per heavy atom. The third-order valence-electron chi connectivity index (χ3n) is 4.28. The fraction of sp³-hybridized carbons (Fsp3) is 0.588. The van der Waals surface area contributed by atoms with E-state index in [9.17, 15) is 13.2 Å². The van der Waals surface area contributed by atoms with E-state index in [0.29, 0.717) is 38.3 Å². The Morgan fingerprint density at radius 1 is 1.28 bits per heavy atom. The van der Waals surface area contributed by atoms with Crippen LogP contribution >= 0.6 is 0 Å². The first-order valence-electron chi connectivity index (χ1n) is 8.40. The number of carbonyl (C=O) groups is 1. The molecular weight excluding hydrogens is 344 g/mol. The highest BCUT2D eigenvalue weighted by atomic mass is 32.2. The van der Waals surface area contributed by atoms with Gasteiger partial charge in [-0.15, -0.1) is 0 Å². The lowest BCUT2D eigenvalue weighted by atomic mass is 9.99. The van der Waals surface area contributed by atoms with E-state index >= 15 is 0 Å². The number of rotatable bonds is 8. The molecule has 25 heavy (non-hydrogen) atoms. The smallest absolute Gasteiger partial charge is 0.243 e. The number of nitrogens with one attached hydrogen (secondary N) is 1. The van der Waals surface area contributed by atoms with Crippen molar-refractivity contribution in [3.63, 3.8) is 0 Å². The Hall–Kier alpha value is -1.64. The second-order valence-corrected chi connectivity index (χ2v) is 7.95. The molecular formula is C17H26N2O5S. The first-order chi connectivity index (χ1) is 12.0. The average molecular weight is 370 g/mol. The van der Waals surface area contributed by atoms with Crippen LogP contribution in [0.3, 0.4) is 0 Å². The van der Waals surface area contributed by atoms with E-state index in [1.54, 1.807) is 19.2 Å². The van der Waals surface area contributed by atoms with Gasteiger partial charge in [0.05, 0.1) is 17.9 Å². The normalized spacial score (nSPS) is 18.7. The molecule has 0 aliphatic carbocycles. The minimum Gasteiger partial charge on any atom is -0.497 e. The maximum absolute atomic E-state index is 12.8. The molecule has 1 heterocycles. The summed E-state index contributed by atoms with van der Waals surface area (Å²) in [6.45, 7) is 1.77. The SMILES string of the molecule is COCCCNC(=O)C1CCCN(S(=O)(=O)c2ccc(OC)cc2)C1. The van der Waals surface area contributed by atoms with Gasteiger partial charge >= 0.3 is 0 Å². The fourth-order valence-corrected chi connectivity index (χ4v) is 4.37. The second-order valence-electron chi connectivity index (χ2n) is 6.02. The van der Waals surface area contributed by atoms with Crippen molar-refractivity contribution in [2.45, 2.75) is 24.2 Å². The van der Waals surface area contributed by atoms with E-state index < -0.39 is 10.0 Å². The molecule has 1 aromatic carbocycles. The highest BCUT2D eigenvalue weighted by Gasteiger charge is 2.33. The average Bonchev–Trinajstić information content (AvgIpc) is 2.65. The molecule has 140 valence electrons. The number of hydrogen-bond donors (Lipinski definition) is 1. The van der Waals surface area contributed by atoms with Crippen LogP contribution in [-0.4, -0.2) is 59.1 Å². The maximum Gasteiger partial charge on any atom is 0.243 e. The lowest BCUT2D eigenvalue weighted by molar-refractivity contribution is -0.126. The quantitative estimate of drug-likeness (QED) is 0.696. The van der Waals surface area contributed by atoms with Crippen molar-refractivity contribution < 1.29 is 22.7 Å². The summed E-state index contributed by atoms with van der Waals surface area (Å²) in [6, 6.07) is 6.30. The number of hydrogen-bond acceptors (Lipinski definition) is 5. The van der Waals surface area contributed by atoms with Crippen LogP contribution in [0.15, 0.2) is 29.2 Å². The summed E-state index contributed by atoms with van der Waals surface area (Å²) in [5, 5.41) is 2.86. The molecule has 0 aromatic heterocycles. The predicted octanol–water partition coefficient (Wildman–Crippen LogP) is 1.25. The first-order valence-corrected chi connectivity index (χ1v) is 9.84. The van der Waals surface area contributed by atoms with E-state index in [-0.39, 0.29) is 23.3 Å².